The molecule has 0 aliphatic heterocycles. The van der Waals surface area contributed by atoms with E-state index in [4.69, 9.17) is 4.42 Å². The van der Waals surface area contributed by atoms with Crippen molar-refractivity contribution in [1.29, 1.82) is 0 Å². The van der Waals surface area contributed by atoms with Gasteiger partial charge in [-0.2, -0.15) is 0 Å². The zero-order valence-corrected chi connectivity index (χ0v) is 9.02. The van der Waals surface area contributed by atoms with Crippen LogP contribution in [-0.2, 0) is 6.54 Å². The van der Waals surface area contributed by atoms with Crippen molar-refractivity contribution in [3.8, 4) is 10.6 Å². The van der Waals surface area contributed by atoms with Gasteiger partial charge in [0.25, 0.3) is 0 Å². The topological polar surface area (TPSA) is 38.1 Å². The highest BCUT2D eigenvalue weighted by Crippen LogP contribution is 2.29. The summed E-state index contributed by atoms with van der Waals surface area (Å²) in [6.45, 7) is 2.82. The smallest absolute Gasteiger partial charge is 0.145 e. The Hall–Kier alpha value is -1.13. The van der Waals surface area contributed by atoms with E-state index in [1.54, 1.807) is 17.6 Å². The first-order chi connectivity index (χ1) is 6.81. The predicted octanol–water partition coefficient (Wildman–Crippen LogP) is 2.43. The molecule has 4 heteroatoms. The fourth-order valence-electron chi connectivity index (χ4n) is 1.32. The lowest BCUT2D eigenvalue weighted by molar-refractivity contribution is 0.583. The molecule has 2 rings (SSSR count). The number of hydrogen-bond donors (Lipinski definition) is 1. The van der Waals surface area contributed by atoms with Crippen molar-refractivity contribution in [2.24, 2.45) is 0 Å². The van der Waals surface area contributed by atoms with E-state index in [9.17, 15) is 0 Å². The fourth-order valence-corrected chi connectivity index (χ4v) is 2.36. The van der Waals surface area contributed by atoms with Gasteiger partial charge < -0.3 is 9.73 Å². The van der Waals surface area contributed by atoms with Crippen LogP contribution in [0.15, 0.2) is 22.8 Å². The first-order valence-corrected chi connectivity index (χ1v) is 5.27. The number of nitrogens with zero attached hydrogens (tertiary/aromatic N) is 1. The van der Waals surface area contributed by atoms with Gasteiger partial charge in [-0.25, -0.2) is 4.98 Å². The Morgan fingerprint density at radius 2 is 2.43 bits per heavy atom. The van der Waals surface area contributed by atoms with Gasteiger partial charge in [0.2, 0.25) is 0 Å². The third-order valence-electron chi connectivity index (χ3n) is 1.91. The molecule has 0 unspecified atom stereocenters. The average Bonchev–Trinajstić information content (AvgIpc) is 2.74. The summed E-state index contributed by atoms with van der Waals surface area (Å²) in [5.41, 5.74) is 1.04. The Labute approximate surface area is 86.8 Å². The molecule has 0 fully saturated rings. The van der Waals surface area contributed by atoms with Gasteiger partial charge in [0, 0.05) is 6.54 Å². The van der Waals surface area contributed by atoms with E-state index in [0.29, 0.717) is 0 Å². The Bertz CT molecular complexity index is 406. The molecule has 0 bridgehead atoms. The van der Waals surface area contributed by atoms with Crippen LogP contribution in [0.3, 0.4) is 0 Å². The molecule has 0 radical (unpaired) electrons. The molecule has 0 saturated carbocycles. The minimum Gasteiger partial charge on any atom is -0.463 e. The zero-order chi connectivity index (χ0) is 9.97. The number of aromatic nitrogens is 1. The summed E-state index contributed by atoms with van der Waals surface area (Å²) in [6, 6.07) is 3.86. The first kappa shape index (κ1) is 9.43. The van der Waals surface area contributed by atoms with Crippen LogP contribution in [0.25, 0.3) is 10.6 Å². The summed E-state index contributed by atoms with van der Waals surface area (Å²) in [4.78, 5) is 5.58. The van der Waals surface area contributed by atoms with E-state index in [2.05, 4.69) is 10.3 Å². The number of rotatable bonds is 3. The van der Waals surface area contributed by atoms with Crippen LogP contribution in [0.2, 0.25) is 0 Å². The van der Waals surface area contributed by atoms with E-state index in [0.717, 1.165) is 27.9 Å². The third-order valence-corrected chi connectivity index (χ3v) is 3.09. The van der Waals surface area contributed by atoms with Crippen molar-refractivity contribution >= 4 is 11.3 Å². The maximum absolute atomic E-state index is 5.34. The van der Waals surface area contributed by atoms with Crippen molar-refractivity contribution < 1.29 is 4.42 Å². The number of furan rings is 1. The summed E-state index contributed by atoms with van der Waals surface area (Å²) in [5, 5.41) is 4.18. The summed E-state index contributed by atoms with van der Waals surface area (Å²) in [6.07, 6.45) is 1.69. The molecular formula is C10H12N2OS. The van der Waals surface area contributed by atoms with Gasteiger partial charge in [-0.05, 0) is 26.1 Å². The molecule has 3 nitrogen and oxygen atoms in total. The van der Waals surface area contributed by atoms with E-state index in [-0.39, 0.29) is 0 Å². The minimum absolute atomic E-state index is 0.812. The van der Waals surface area contributed by atoms with Crippen molar-refractivity contribution in [3.05, 3.63) is 29.1 Å². The molecule has 0 aliphatic rings. The molecule has 2 heterocycles. The molecule has 2 aromatic heterocycles. The lowest BCUT2D eigenvalue weighted by atomic mass is 10.3. The third kappa shape index (κ3) is 1.71. The molecule has 2 aromatic rings. The molecular weight excluding hydrogens is 196 g/mol. The Morgan fingerprint density at radius 1 is 1.57 bits per heavy atom. The molecule has 74 valence electrons. The van der Waals surface area contributed by atoms with Gasteiger partial charge in [0.05, 0.1) is 16.8 Å². The zero-order valence-electron chi connectivity index (χ0n) is 8.20. The van der Waals surface area contributed by atoms with Crippen molar-refractivity contribution in [2.45, 2.75) is 13.5 Å². The van der Waals surface area contributed by atoms with Crippen LogP contribution in [0, 0.1) is 6.92 Å². The monoisotopic (exact) mass is 208 g/mol. The molecule has 0 amide bonds. The van der Waals surface area contributed by atoms with E-state index in [1.807, 2.05) is 26.1 Å². The maximum Gasteiger partial charge on any atom is 0.145 e. The fraction of sp³-hybridized carbons (Fsp3) is 0.300. The first-order valence-electron chi connectivity index (χ1n) is 4.46. The summed E-state index contributed by atoms with van der Waals surface area (Å²) >= 11 is 1.67. The van der Waals surface area contributed by atoms with Crippen LogP contribution in [0.1, 0.15) is 10.7 Å². The van der Waals surface area contributed by atoms with Gasteiger partial charge in [0.1, 0.15) is 10.8 Å². The van der Waals surface area contributed by atoms with Gasteiger partial charge in [0.15, 0.2) is 0 Å². The minimum atomic E-state index is 0.812. The Morgan fingerprint density at radius 3 is 3.07 bits per heavy atom. The second-order valence-electron chi connectivity index (χ2n) is 3.03. The second kappa shape index (κ2) is 3.94. The predicted molar refractivity (Wildman–Crippen MR) is 57.3 cm³/mol. The molecule has 0 saturated heterocycles. The van der Waals surface area contributed by atoms with Crippen LogP contribution in [0.4, 0.5) is 0 Å². The lowest BCUT2D eigenvalue weighted by Gasteiger charge is -1.90. The van der Waals surface area contributed by atoms with Gasteiger partial charge in [-0.3, -0.25) is 0 Å². The maximum atomic E-state index is 5.34. The molecule has 0 spiro atoms. The number of hydrogen-bond acceptors (Lipinski definition) is 4. The Balaban J connectivity index is 2.35. The summed E-state index contributed by atoms with van der Waals surface area (Å²) < 4.78 is 5.34. The van der Waals surface area contributed by atoms with E-state index < -0.39 is 0 Å². The standard InChI is InChI=1S/C10H12N2OS/c1-7-10(8-4-3-5-13-8)14-9(12-7)6-11-2/h3-5,11H,6H2,1-2H3. The lowest BCUT2D eigenvalue weighted by Crippen LogP contribution is -2.04. The number of thiazole rings is 1. The SMILES string of the molecule is CNCc1nc(C)c(-c2ccco2)s1. The Kier molecular flexibility index (Phi) is 2.65. The number of nitrogens with one attached hydrogen (secondary N) is 1. The van der Waals surface area contributed by atoms with Crippen LogP contribution in [0.5, 0.6) is 0 Å². The van der Waals surface area contributed by atoms with Crippen molar-refractivity contribution in [3.63, 3.8) is 0 Å². The van der Waals surface area contributed by atoms with E-state index in [1.165, 1.54) is 0 Å². The average molecular weight is 208 g/mol. The highest BCUT2D eigenvalue weighted by molar-refractivity contribution is 7.15. The molecule has 0 aliphatic carbocycles. The summed E-state index contributed by atoms with van der Waals surface area (Å²) in [5.74, 6) is 0.905. The number of aryl methyl sites for hydroxylation is 1. The van der Waals surface area contributed by atoms with Crippen molar-refractivity contribution in [2.75, 3.05) is 7.05 Å². The quantitative estimate of drug-likeness (QED) is 0.841. The molecule has 0 atom stereocenters. The van der Waals surface area contributed by atoms with Crippen LogP contribution >= 0.6 is 11.3 Å². The highest BCUT2D eigenvalue weighted by Gasteiger charge is 2.10. The largest absolute Gasteiger partial charge is 0.463 e. The van der Waals surface area contributed by atoms with Gasteiger partial charge in [-0.15, -0.1) is 11.3 Å². The van der Waals surface area contributed by atoms with Gasteiger partial charge in [-0.1, -0.05) is 0 Å². The molecule has 1 N–H and O–H groups in total. The van der Waals surface area contributed by atoms with Gasteiger partial charge >= 0.3 is 0 Å². The van der Waals surface area contributed by atoms with Crippen LogP contribution < -0.4 is 5.32 Å². The van der Waals surface area contributed by atoms with Crippen molar-refractivity contribution in [1.82, 2.24) is 10.3 Å². The summed E-state index contributed by atoms with van der Waals surface area (Å²) in [7, 11) is 1.92. The molecule has 14 heavy (non-hydrogen) atoms. The second-order valence-corrected chi connectivity index (χ2v) is 4.11. The molecule has 0 aromatic carbocycles. The highest BCUT2D eigenvalue weighted by atomic mass is 32.1. The van der Waals surface area contributed by atoms with E-state index >= 15 is 0 Å². The van der Waals surface area contributed by atoms with Crippen LogP contribution in [-0.4, -0.2) is 12.0 Å². The normalized spacial score (nSPS) is 10.7.